The zero-order valence-corrected chi connectivity index (χ0v) is 21.7. The van der Waals surface area contributed by atoms with Gasteiger partial charge in [0.2, 0.25) is 10.0 Å². The number of morpholine rings is 1. The summed E-state index contributed by atoms with van der Waals surface area (Å²) in [7, 11) is -7.67. The number of hydrogen-bond donors (Lipinski definition) is 2. The third-order valence-electron chi connectivity index (χ3n) is 5.58. The summed E-state index contributed by atoms with van der Waals surface area (Å²) in [6.45, 7) is 2.85. The minimum atomic E-state index is -3.99. The number of carbonyl (C=O) groups excluding carboxylic acids is 1. The van der Waals surface area contributed by atoms with Crippen LogP contribution in [0.1, 0.15) is 15.9 Å². The van der Waals surface area contributed by atoms with Gasteiger partial charge in [-0.1, -0.05) is 29.8 Å². The van der Waals surface area contributed by atoms with E-state index in [0.29, 0.717) is 18.8 Å². The van der Waals surface area contributed by atoms with Gasteiger partial charge in [-0.3, -0.25) is 9.52 Å². The minimum Gasteiger partial charge on any atom is -0.379 e. The average molecular weight is 550 g/mol. The topological polar surface area (TPSA) is 122 Å². The highest BCUT2D eigenvalue weighted by molar-refractivity contribution is 7.92. The van der Waals surface area contributed by atoms with Crippen LogP contribution >= 0.6 is 11.6 Å². The van der Waals surface area contributed by atoms with Crippen molar-refractivity contribution in [1.82, 2.24) is 4.31 Å². The molecule has 1 heterocycles. The van der Waals surface area contributed by atoms with Crippen molar-refractivity contribution >= 4 is 48.9 Å². The lowest BCUT2D eigenvalue weighted by molar-refractivity contribution is 0.0730. The van der Waals surface area contributed by atoms with E-state index in [9.17, 15) is 21.6 Å². The molecule has 0 saturated carbocycles. The van der Waals surface area contributed by atoms with Crippen molar-refractivity contribution in [1.29, 1.82) is 0 Å². The summed E-state index contributed by atoms with van der Waals surface area (Å²) < 4.78 is 60.5. The zero-order chi connectivity index (χ0) is 25.9. The molecule has 0 radical (unpaired) electrons. The first kappa shape index (κ1) is 26.1. The maximum absolute atomic E-state index is 13.0. The molecule has 0 bridgehead atoms. The van der Waals surface area contributed by atoms with E-state index in [1.54, 1.807) is 43.3 Å². The second-order valence-corrected chi connectivity index (χ2v) is 12.1. The average Bonchev–Trinajstić information content (AvgIpc) is 2.87. The van der Waals surface area contributed by atoms with Crippen molar-refractivity contribution in [2.75, 3.05) is 36.3 Å². The molecule has 12 heteroatoms. The van der Waals surface area contributed by atoms with Crippen molar-refractivity contribution in [3.05, 3.63) is 82.9 Å². The van der Waals surface area contributed by atoms with Gasteiger partial charge in [0.05, 0.1) is 33.7 Å². The molecular formula is C24H24ClN3O6S2. The maximum atomic E-state index is 13.0. The Balaban J connectivity index is 1.51. The number of amides is 1. The molecule has 36 heavy (non-hydrogen) atoms. The Labute approximate surface area is 215 Å². The monoisotopic (exact) mass is 549 g/mol. The number of sulfonamides is 2. The summed E-state index contributed by atoms with van der Waals surface area (Å²) in [6, 6.07) is 16.5. The molecule has 1 saturated heterocycles. The van der Waals surface area contributed by atoms with E-state index in [1.165, 1.54) is 34.6 Å². The van der Waals surface area contributed by atoms with Gasteiger partial charge in [0.25, 0.3) is 15.9 Å². The smallest absolute Gasteiger partial charge is 0.262 e. The van der Waals surface area contributed by atoms with Gasteiger partial charge in [0, 0.05) is 24.3 Å². The fourth-order valence-corrected chi connectivity index (χ4v) is 6.63. The first-order chi connectivity index (χ1) is 17.1. The number of nitrogens with one attached hydrogen (secondary N) is 2. The number of nitrogens with zero attached hydrogens (tertiary/aromatic N) is 1. The van der Waals surface area contributed by atoms with Crippen LogP contribution in [0.3, 0.4) is 0 Å². The molecule has 2 N–H and O–H groups in total. The third kappa shape index (κ3) is 5.71. The van der Waals surface area contributed by atoms with Crippen molar-refractivity contribution < 1.29 is 26.4 Å². The summed E-state index contributed by atoms with van der Waals surface area (Å²) in [5, 5.41) is 2.91. The molecule has 1 aliphatic rings. The number of aryl methyl sites for hydroxylation is 1. The van der Waals surface area contributed by atoms with Crippen LogP contribution in [0.4, 0.5) is 11.4 Å². The first-order valence-corrected chi connectivity index (χ1v) is 14.3. The van der Waals surface area contributed by atoms with Crippen molar-refractivity contribution in [2.45, 2.75) is 16.7 Å². The van der Waals surface area contributed by atoms with E-state index >= 15 is 0 Å². The molecule has 3 aromatic rings. The summed E-state index contributed by atoms with van der Waals surface area (Å²) in [6.07, 6.45) is 0. The highest BCUT2D eigenvalue weighted by atomic mass is 35.5. The molecule has 1 fully saturated rings. The quantitative estimate of drug-likeness (QED) is 0.463. The number of anilines is 2. The van der Waals surface area contributed by atoms with Gasteiger partial charge in [0.1, 0.15) is 0 Å². The SMILES string of the molecule is Cc1ccc(NC(=O)c2ccc(S(=O)(=O)N3CCOCC3)cc2)cc1S(=O)(=O)Nc1ccccc1Cl. The van der Waals surface area contributed by atoms with Gasteiger partial charge in [-0.2, -0.15) is 4.31 Å². The first-order valence-electron chi connectivity index (χ1n) is 11.0. The zero-order valence-electron chi connectivity index (χ0n) is 19.3. The fraction of sp³-hybridized carbons (Fsp3) is 0.208. The molecule has 3 aromatic carbocycles. The summed E-state index contributed by atoms with van der Waals surface area (Å²) >= 11 is 6.08. The second kappa shape index (κ2) is 10.6. The van der Waals surface area contributed by atoms with Crippen LogP contribution < -0.4 is 10.0 Å². The van der Waals surface area contributed by atoms with E-state index in [4.69, 9.17) is 16.3 Å². The van der Waals surface area contributed by atoms with Crippen LogP contribution in [0.2, 0.25) is 5.02 Å². The Morgan fingerprint density at radius 1 is 0.944 bits per heavy atom. The molecule has 190 valence electrons. The number of para-hydroxylation sites is 1. The molecule has 0 aromatic heterocycles. The number of benzene rings is 3. The maximum Gasteiger partial charge on any atom is 0.262 e. The Hall–Kier alpha value is -2.96. The molecule has 0 unspecified atom stereocenters. The van der Waals surface area contributed by atoms with Crippen LogP contribution in [-0.2, 0) is 24.8 Å². The van der Waals surface area contributed by atoms with E-state index < -0.39 is 26.0 Å². The summed E-state index contributed by atoms with van der Waals surface area (Å²) in [5.74, 6) is -0.517. The Morgan fingerprint density at radius 2 is 1.61 bits per heavy atom. The lowest BCUT2D eigenvalue weighted by atomic mass is 10.2. The second-order valence-electron chi connectivity index (χ2n) is 8.06. The Bertz CT molecular complexity index is 1490. The molecule has 4 rings (SSSR count). The predicted octanol–water partition coefficient (Wildman–Crippen LogP) is 3.72. The Kier molecular flexibility index (Phi) is 7.67. The van der Waals surface area contributed by atoms with E-state index in [-0.39, 0.29) is 44.8 Å². The van der Waals surface area contributed by atoms with Crippen molar-refractivity contribution in [3.63, 3.8) is 0 Å². The molecule has 0 spiro atoms. The lowest BCUT2D eigenvalue weighted by Gasteiger charge is -2.26. The van der Waals surface area contributed by atoms with Gasteiger partial charge in [-0.25, -0.2) is 16.8 Å². The summed E-state index contributed by atoms with van der Waals surface area (Å²) in [5.41, 5.74) is 1.19. The van der Waals surface area contributed by atoms with Gasteiger partial charge in [-0.15, -0.1) is 0 Å². The third-order valence-corrected chi connectivity index (χ3v) is 9.33. The molecule has 1 amide bonds. The van der Waals surface area contributed by atoms with Crippen LogP contribution in [0.25, 0.3) is 0 Å². The normalized spacial score (nSPS) is 14.8. The number of halogens is 1. The number of ether oxygens (including phenoxy) is 1. The van der Waals surface area contributed by atoms with Crippen molar-refractivity contribution in [2.24, 2.45) is 0 Å². The van der Waals surface area contributed by atoms with E-state index in [1.807, 2.05) is 0 Å². The predicted molar refractivity (Wildman–Crippen MR) is 137 cm³/mol. The van der Waals surface area contributed by atoms with Gasteiger partial charge in [0.15, 0.2) is 0 Å². The minimum absolute atomic E-state index is 0.0211. The van der Waals surface area contributed by atoms with Gasteiger partial charge in [-0.05, 0) is 61.0 Å². The largest absolute Gasteiger partial charge is 0.379 e. The number of rotatable bonds is 7. The lowest BCUT2D eigenvalue weighted by Crippen LogP contribution is -2.40. The van der Waals surface area contributed by atoms with Crippen LogP contribution in [0.5, 0.6) is 0 Å². The van der Waals surface area contributed by atoms with E-state index in [0.717, 1.165) is 0 Å². The van der Waals surface area contributed by atoms with Gasteiger partial charge < -0.3 is 10.1 Å². The highest BCUT2D eigenvalue weighted by Crippen LogP contribution is 2.27. The molecule has 0 atom stereocenters. The van der Waals surface area contributed by atoms with Crippen LogP contribution in [0, 0.1) is 6.92 Å². The summed E-state index contributed by atoms with van der Waals surface area (Å²) in [4.78, 5) is 12.8. The van der Waals surface area contributed by atoms with Crippen LogP contribution in [0.15, 0.2) is 76.5 Å². The Morgan fingerprint density at radius 3 is 2.28 bits per heavy atom. The van der Waals surface area contributed by atoms with E-state index in [2.05, 4.69) is 10.0 Å². The van der Waals surface area contributed by atoms with Gasteiger partial charge >= 0.3 is 0 Å². The number of hydrogen-bond acceptors (Lipinski definition) is 6. The van der Waals surface area contributed by atoms with Crippen LogP contribution in [-0.4, -0.2) is 53.4 Å². The molecular weight excluding hydrogens is 526 g/mol. The standard InChI is InChI=1S/C24H24ClN3O6S2/c1-17-6-9-19(16-23(17)35(30,31)27-22-5-3-2-4-21(22)25)26-24(29)18-7-10-20(11-8-18)36(32,33)28-12-14-34-15-13-28/h2-11,16,27H,12-15H2,1H3,(H,26,29). The molecule has 0 aliphatic carbocycles. The highest BCUT2D eigenvalue weighted by Gasteiger charge is 2.26. The number of carbonyl (C=O) groups is 1. The molecule has 1 aliphatic heterocycles. The van der Waals surface area contributed by atoms with Crippen molar-refractivity contribution in [3.8, 4) is 0 Å². The fourth-order valence-electron chi connectivity index (χ4n) is 3.63. The molecule has 9 nitrogen and oxygen atoms in total.